The van der Waals surface area contributed by atoms with Crippen molar-refractivity contribution in [3.8, 4) is 11.3 Å². The molecule has 2 amide bonds. The monoisotopic (exact) mass is 417 g/mol. The van der Waals surface area contributed by atoms with E-state index in [1.54, 1.807) is 25.1 Å². The lowest BCUT2D eigenvalue weighted by molar-refractivity contribution is -0.123. The standard InChI is InChI=1S/C19H16BrNO3S/c1-4-12(3)21-18(22)17(25-19(21)23)10-13-6-8-16(24-13)14-7-5-11(2)9-15(14)20/h4-10,12H,1H2,2-3H3/b17-10-/t12-/m1/s1. The largest absolute Gasteiger partial charge is 0.457 e. The van der Waals surface area contributed by atoms with E-state index < -0.39 is 0 Å². The number of aryl methyl sites for hydroxylation is 1. The first-order valence-corrected chi connectivity index (χ1v) is 9.27. The van der Waals surface area contributed by atoms with Gasteiger partial charge in [0.15, 0.2) is 0 Å². The van der Waals surface area contributed by atoms with Gasteiger partial charge in [-0.25, -0.2) is 0 Å². The molecule has 25 heavy (non-hydrogen) atoms. The Hall–Kier alpha value is -2.05. The summed E-state index contributed by atoms with van der Waals surface area (Å²) in [5.74, 6) is 0.896. The van der Waals surface area contributed by atoms with Gasteiger partial charge < -0.3 is 4.42 Å². The number of rotatable bonds is 4. The second kappa shape index (κ2) is 7.06. The topological polar surface area (TPSA) is 50.5 Å². The number of amides is 2. The predicted octanol–water partition coefficient (Wildman–Crippen LogP) is 5.63. The van der Waals surface area contributed by atoms with Crippen LogP contribution in [0, 0.1) is 6.92 Å². The first kappa shape index (κ1) is 17.8. The summed E-state index contributed by atoms with van der Waals surface area (Å²) in [5.41, 5.74) is 2.08. The first-order valence-electron chi connectivity index (χ1n) is 7.66. The highest BCUT2D eigenvalue weighted by atomic mass is 79.9. The summed E-state index contributed by atoms with van der Waals surface area (Å²) in [6, 6.07) is 9.28. The molecule has 0 unspecified atom stereocenters. The third kappa shape index (κ3) is 3.50. The van der Waals surface area contributed by atoms with Crippen LogP contribution in [0.4, 0.5) is 4.79 Å². The highest BCUT2D eigenvalue weighted by molar-refractivity contribution is 9.10. The summed E-state index contributed by atoms with van der Waals surface area (Å²) in [7, 11) is 0. The van der Waals surface area contributed by atoms with Crippen molar-refractivity contribution in [1.29, 1.82) is 0 Å². The number of nitrogens with zero attached hydrogens (tertiary/aromatic N) is 1. The molecule has 0 saturated carbocycles. The van der Waals surface area contributed by atoms with Crippen LogP contribution in [0.2, 0.25) is 0 Å². The van der Waals surface area contributed by atoms with E-state index >= 15 is 0 Å². The first-order chi connectivity index (χ1) is 11.9. The van der Waals surface area contributed by atoms with Gasteiger partial charge in [0, 0.05) is 16.1 Å². The zero-order chi connectivity index (χ0) is 18.1. The number of benzene rings is 1. The third-order valence-electron chi connectivity index (χ3n) is 3.86. The summed E-state index contributed by atoms with van der Waals surface area (Å²) >= 11 is 4.45. The van der Waals surface area contributed by atoms with E-state index in [1.165, 1.54) is 4.90 Å². The lowest BCUT2D eigenvalue weighted by atomic mass is 10.1. The fourth-order valence-corrected chi connectivity index (χ4v) is 4.05. The maximum absolute atomic E-state index is 12.4. The highest BCUT2D eigenvalue weighted by Gasteiger charge is 2.37. The minimum Gasteiger partial charge on any atom is -0.457 e. The molecule has 1 fully saturated rings. The Balaban J connectivity index is 1.88. The molecule has 4 nitrogen and oxygen atoms in total. The molecule has 1 atom stereocenters. The van der Waals surface area contributed by atoms with E-state index in [0.29, 0.717) is 16.4 Å². The number of carbonyl (C=O) groups is 2. The molecule has 0 spiro atoms. The molecule has 6 heteroatoms. The Morgan fingerprint density at radius 2 is 2.04 bits per heavy atom. The van der Waals surface area contributed by atoms with E-state index in [-0.39, 0.29) is 17.2 Å². The average molecular weight is 418 g/mol. The number of thioether (sulfide) groups is 1. The van der Waals surface area contributed by atoms with Crippen molar-refractivity contribution in [3.63, 3.8) is 0 Å². The number of furan rings is 1. The van der Waals surface area contributed by atoms with E-state index in [4.69, 9.17) is 4.42 Å². The molecule has 3 rings (SSSR count). The van der Waals surface area contributed by atoms with Crippen molar-refractivity contribution < 1.29 is 14.0 Å². The Labute approximate surface area is 158 Å². The summed E-state index contributed by atoms with van der Waals surface area (Å²) in [6.45, 7) is 7.41. The van der Waals surface area contributed by atoms with Gasteiger partial charge in [-0.15, -0.1) is 6.58 Å². The molecule has 2 aromatic rings. The number of hydrogen-bond acceptors (Lipinski definition) is 4. The molecule has 1 aliphatic rings. The zero-order valence-corrected chi connectivity index (χ0v) is 16.2. The van der Waals surface area contributed by atoms with Crippen LogP contribution in [0.3, 0.4) is 0 Å². The van der Waals surface area contributed by atoms with Crippen LogP contribution < -0.4 is 0 Å². The highest BCUT2D eigenvalue weighted by Crippen LogP contribution is 2.35. The Morgan fingerprint density at radius 3 is 2.72 bits per heavy atom. The summed E-state index contributed by atoms with van der Waals surface area (Å²) < 4.78 is 6.77. The molecule has 1 saturated heterocycles. The molecule has 0 aliphatic carbocycles. The van der Waals surface area contributed by atoms with Gasteiger partial charge in [-0.05, 0) is 55.4 Å². The van der Waals surface area contributed by atoms with Crippen LogP contribution in [0.1, 0.15) is 18.2 Å². The van der Waals surface area contributed by atoms with Crippen LogP contribution in [0.5, 0.6) is 0 Å². The number of imide groups is 1. The molecule has 1 aromatic heterocycles. The van der Waals surface area contributed by atoms with Gasteiger partial charge in [-0.1, -0.05) is 28.1 Å². The van der Waals surface area contributed by atoms with E-state index in [9.17, 15) is 9.59 Å². The SMILES string of the molecule is C=C[C@@H](C)N1C(=O)S/C(=C\c2ccc(-c3ccc(C)cc3Br)o2)C1=O. The van der Waals surface area contributed by atoms with Crippen LogP contribution in [-0.4, -0.2) is 22.1 Å². The quantitative estimate of drug-likeness (QED) is 0.477. The predicted molar refractivity (Wildman–Crippen MR) is 104 cm³/mol. The lowest BCUT2D eigenvalue weighted by Crippen LogP contribution is -2.35. The van der Waals surface area contributed by atoms with Crippen molar-refractivity contribution >= 4 is 44.9 Å². The average Bonchev–Trinajstić information content (AvgIpc) is 3.12. The summed E-state index contributed by atoms with van der Waals surface area (Å²) in [5, 5.41) is -0.295. The second-order valence-electron chi connectivity index (χ2n) is 5.71. The molecular weight excluding hydrogens is 402 g/mol. The zero-order valence-electron chi connectivity index (χ0n) is 13.8. The summed E-state index contributed by atoms with van der Waals surface area (Å²) in [6.07, 6.45) is 3.17. The van der Waals surface area contributed by atoms with Crippen LogP contribution in [-0.2, 0) is 4.79 Å². The van der Waals surface area contributed by atoms with E-state index in [0.717, 1.165) is 27.4 Å². The summed E-state index contributed by atoms with van der Waals surface area (Å²) in [4.78, 5) is 26.0. The lowest BCUT2D eigenvalue weighted by Gasteiger charge is -2.17. The Bertz CT molecular complexity index is 900. The van der Waals surface area contributed by atoms with Crippen LogP contribution >= 0.6 is 27.7 Å². The van der Waals surface area contributed by atoms with Crippen LogP contribution in [0.25, 0.3) is 17.4 Å². The fourth-order valence-electron chi connectivity index (χ4n) is 2.46. The molecule has 128 valence electrons. The molecule has 0 bridgehead atoms. The van der Waals surface area contributed by atoms with Gasteiger partial charge in [0.05, 0.1) is 10.9 Å². The number of carbonyl (C=O) groups excluding carboxylic acids is 2. The Kier molecular flexibility index (Phi) is 5.01. The second-order valence-corrected chi connectivity index (χ2v) is 7.56. The van der Waals surface area contributed by atoms with Crippen molar-refractivity contribution in [1.82, 2.24) is 4.90 Å². The van der Waals surface area contributed by atoms with Gasteiger partial charge in [0.25, 0.3) is 11.1 Å². The van der Waals surface area contributed by atoms with Gasteiger partial charge in [-0.3, -0.25) is 14.5 Å². The molecule has 1 aliphatic heterocycles. The molecular formula is C19H16BrNO3S. The molecule has 1 aromatic carbocycles. The smallest absolute Gasteiger partial charge is 0.294 e. The van der Waals surface area contributed by atoms with Crippen LogP contribution in [0.15, 0.2) is 56.8 Å². The van der Waals surface area contributed by atoms with Crippen molar-refractivity contribution in [2.75, 3.05) is 0 Å². The fraction of sp³-hybridized carbons (Fsp3) is 0.158. The van der Waals surface area contributed by atoms with Crippen molar-refractivity contribution in [2.45, 2.75) is 19.9 Å². The van der Waals surface area contributed by atoms with Gasteiger partial charge in [-0.2, -0.15) is 0 Å². The normalized spacial score (nSPS) is 17.4. The number of hydrogen-bond donors (Lipinski definition) is 0. The van der Waals surface area contributed by atoms with E-state index in [2.05, 4.69) is 22.5 Å². The molecule has 2 heterocycles. The maximum Gasteiger partial charge on any atom is 0.294 e. The molecule has 0 radical (unpaired) electrons. The Morgan fingerprint density at radius 1 is 1.28 bits per heavy atom. The van der Waals surface area contributed by atoms with E-state index in [1.807, 2.05) is 31.2 Å². The maximum atomic E-state index is 12.4. The molecule has 0 N–H and O–H groups in total. The van der Waals surface area contributed by atoms with Gasteiger partial charge >= 0.3 is 0 Å². The minimum absolute atomic E-state index is 0.295. The third-order valence-corrected chi connectivity index (χ3v) is 5.40. The number of halogens is 1. The van der Waals surface area contributed by atoms with Crippen molar-refractivity contribution in [2.24, 2.45) is 0 Å². The minimum atomic E-state index is -0.339. The van der Waals surface area contributed by atoms with Crippen molar-refractivity contribution in [3.05, 3.63) is 63.7 Å². The van der Waals surface area contributed by atoms with Gasteiger partial charge in [0.1, 0.15) is 11.5 Å². The van der Waals surface area contributed by atoms with Gasteiger partial charge in [0.2, 0.25) is 0 Å².